The molecule has 5 nitrogen and oxygen atoms in total. The van der Waals surface area contributed by atoms with E-state index in [1.165, 1.54) is 0 Å². The molecule has 2 amide bonds. The molecule has 0 aliphatic heterocycles. The van der Waals surface area contributed by atoms with E-state index in [1.54, 1.807) is 54.9 Å². The molecule has 2 aromatic carbocycles. The van der Waals surface area contributed by atoms with Crippen LogP contribution in [0.1, 0.15) is 16.8 Å². The Morgan fingerprint density at radius 2 is 1.70 bits per heavy atom. The molecule has 2 rings (SSSR count). The van der Waals surface area contributed by atoms with Crippen LogP contribution in [0.2, 0.25) is 0 Å². The van der Waals surface area contributed by atoms with Crippen LogP contribution in [0, 0.1) is 0 Å². The Hall–Kier alpha value is -2.12. The largest absolute Gasteiger partial charge is 0.497 e. The van der Waals surface area contributed by atoms with E-state index >= 15 is 0 Å². The number of thioether (sulfide) groups is 2. The van der Waals surface area contributed by atoms with Crippen LogP contribution in [-0.4, -0.2) is 43.2 Å². The first-order valence-electron chi connectivity index (χ1n) is 8.46. The van der Waals surface area contributed by atoms with Gasteiger partial charge >= 0.3 is 0 Å². The van der Waals surface area contributed by atoms with Crippen molar-refractivity contribution in [2.45, 2.75) is 17.4 Å². The number of nitrogens with one attached hydrogen (secondary N) is 2. The van der Waals surface area contributed by atoms with Crippen molar-refractivity contribution in [2.75, 3.05) is 30.7 Å². The van der Waals surface area contributed by atoms with Gasteiger partial charge in [-0.25, -0.2) is 0 Å². The Labute approximate surface area is 168 Å². The van der Waals surface area contributed by atoms with Crippen molar-refractivity contribution in [3.05, 3.63) is 54.1 Å². The number of methoxy groups -OCH3 is 1. The Kier molecular flexibility index (Phi) is 8.54. The number of carbonyl (C=O) groups is 2. The van der Waals surface area contributed by atoms with E-state index in [0.29, 0.717) is 23.4 Å². The second kappa shape index (κ2) is 10.9. The van der Waals surface area contributed by atoms with Gasteiger partial charge in [-0.05, 0) is 73.2 Å². The number of hydrogen-bond acceptors (Lipinski definition) is 5. The van der Waals surface area contributed by atoms with Gasteiger partial charge in [-0.3, -0.25) is 9.59 Å². The predicted molar refractivity (Wildman–Crippen MR) is 114 cm³/mol. The lowest BCUT2D eigenvalue weighted by Gasteiger charge is -2.18. The first-order valence-corrected chi connectivity index (χ1v) is 11.1. The van der Waals surface area contributed by atoms with E-state index in [1.807, 2.05) is 36.8 Å². The van der Waals surface area contributed by atoms with Gasteiger partial charge < -0.3 is 15.4 Å². The van der Waals surface area contributed by atoms with Crippen LogP contribution < -0.4 is 15.4 Å². The zero-order valence-electron chi connectivity index (χ0n) is 15.7. The lowest BCUT2D eigenvalue weighted by Crippen LogP contribution is -2.44. The van der Waals surface area contributed by atoms with Crippen molar-refractivity contribution >= 4 is 41.0 Å². The molecule has 0 radical (unpaired) electrons. The van der Waals surface area contributed by atoms with Crippen LogP contribution >= 0.6 is 23.5 Å². The van der Waals surface area contributed by atoms with Crippen LogP contribution in [0.5, 0.6) is 5.75 Å². The highest BCUT2D eigenvalue weighted by atomic mass is 32.2. The number of anilines is 1. The summed E-state index contributed by atoms with van der Waals surface area (Å²) in [6, 6.07) is 13.8. The van der Waals surface area contributed by atoms with Gasteiger partial charge in [0, 0.05) is 16.1 Å². The van der Waals surface area contributed by atoms with Crippen LogP contribution in [0.4, 0.5) is 5.69 Å². The molecular weight excluding hydrogens is 380 g/mol. The Bertz CT molecular complexity index is 749. The van der Waals surface area contributed by atoms with Crippen LogP contribution in [0.25, 0.3) is 0 Å². The fraction of sp³-hybridized carbons (Fsp3) is 0.300. The highest BCUT2D eigenvalue weighted by Gasteiger charge is 2.21. The van der Waals surface area contributed by atoms with E-state index in [2.05, 4.69) is 10.6 Å². The molecule has 2 aromatic rings. The van der Waals surface area contributed by atoms with E-state index < -0.39 is 6.04 Å². The van der Waals surface area contributed by atoms with Gasteiger partial charge in [0.15, 0.2) is 0 Å². The maximum atomic E-state index is 12.7. The fourth-order valence-corrected chi connectivity index (χ4v) is 3.27. The molecule has 1 atom stereocenters. The maximum Gasteiger partial charge on any atom is 0.251 e. The number of carbonyl (C=O) groups excluding carboxylic acids is 2. The van der Waals surface area contributed by atoms with Crippen LogP contribution in [0.3, 0.4) is 0 Å². The quantitative estimate of drug-likeness (QED) is 0.620. The minimum atomic E-state index is -0.604. The molecule has 0 unspecified atom stereocenters. The Morgan fingerprint density at radius 1 is 1.04 bits per heavy atom. The van der Waals surface area contributed by atoms with Crippen molar-refractivity contribution in [2.24, 2.45) is 0 Å². The minimum absolute atomic E-state index is 0.220. The molecule has 2 N–H and O–H groups in total. The van der Waals surface area contributed by atoms with Gasteiger partial charge in [0.25, 0.3) is 5.91 Å². The number of benzene rings is 2. The third kappa shape index (κ3) is 6.52. The highest BCUT2D eigenvalue weighted by Crippen LogP contribution is 2.18. The second-order valence-electron chi connectivity index (χ2n) is 5.75. The normalized spacial score (nSPS) is 11.5. The summed E-state index contributed by atoms with van der Waals surface area (Å²) in [6.45, 7) is 0. The van der Waals surface area contributed by atoms with Crippen LogP contribution in [0.15, 0.2) is 53.4 Å². The van der Waals surface area contributed by atoms with E-state index in [9.17, 15) is 9.59 Å². The topological polar surface area (TPSA) is 67.4 Å². The fourth-order valence-electron chi connectivity index (χ4n) is 2.39. The smallest absolute Gasteiger partial charge is 0.251 e. The maximum absolute atomic E-state index is 12.7. The van der Waals surface area contributed by atoms with Gasteiger partial charge in [0.1, 0.15) is 11.8 Å². The van der Waals surface area contributed by atoms with Crippen molar-refractivity contribution in [1.82, 2.24) is 5.32 Å². The molecule has 7 heteroatoms. The third-order valence-electron chi connectivity index (χ3n) is 3.94. The van der Waals surface area contributed by atoms with E-state index in [4.69, 9.17) is 4.74 Å². The summed E-state index contributed by atoms with van der Waals surface area (Å²) >= 11 is 3.28. The second-order valence-corrected chi connectivity index (χ2v) is 7.62. The molecular formula is C20H24N2O3S2. The molecule has 0 aromatic heterocycles. The SMILES string of the molecule is COc1ccc(C(=O)N[C@@H](CCSC)C(=O)Nc2ccc(SC)cc2)cc1. The summed E-state index contributed by atoms with van der Waals surface area (Å²) in [6.07, 6.45) is 4.53. The number of rotatable bonds is 9. The van der Waals surface area contributed by atoms with Gasteiger partial charge in [0.2, 0.25) is 5.91 Å². The summed E-state index contributed by atoms with van der Waals surface area (Å²) in [5, 5.41) is 5.72. The molecule has 0 saturated carbocycles. The molecule has 144 valence electrons. The summed E-state index contributed by atoms with van der Waals surface area (Å²) in [4.78, 5) is 26.3. The number of ether oxygens (including phenoxy) is 1. The lowest BCUT2D eigenvalue weighted by atomic mass is 10.1. The zero-order chi connectivity index (χ0) is 19.6. The molecule has 0 heterocycles. The van der Waals surface area contributed by atoms with Gasteiger partial charge in [-0.15, -0.1) is 11.8 Å². The number of hydrogen-bond donors (Lipinski definition) is 2. The summed E-state index contributed by atoms with van der Waals surface area (Å²) in [5.74, 6) is 0.947. The third-order valence-corrected chi connectivity index (χ3v) is 5.33. The molecule has 0 spiro atoms. The monoisotopic (exact) mass is 404 g/mol. The van der Waals surface area contributed by atoms with Gasteiger partial charge in [-0.2, -0.15) is 11.8 Å². The zero-order valence-corrected chi connectivity index (χ0v) is 17.3. The summed E-state index contributed by atoms with van der Waals surface area (Å²) < 4.78 is 5.10. The number of amides is 2. The Morgan fingerprint density at radius 3 is 2.26 bits per heavy atom. The van der Waals surface area contributed by atoms with Crippen LogP contribution in [-0.2, 0) is 4.79 Å². The molecule has 0 saturated heterocycles. The van der Waals surface area contributed by atoms with Gasteiger partial charge in [-0.1, -0.05) is 0 Å². The Balaban J connectivity index is 2.05. The van der Waals surface area contributed by atoms with Crippen molar-refractivity contribution < 1.29 is 14.3 Å². The molecule has 0 fully saturated rings. The van der Waals surface area contributed by atoms with E-state index in [-0.39, 0.29) is 11.8 Å². The molecule has 0 aliphatic carbocycles. The summed E-state index contributed by atoms with van der Waals surface area (Å²) in [5.41, 5.74) is 1.20. The summed E-state index contributed by atoms with van der Waals surface area (Å²) in [7, 11) is 1.57. The first-order chi connectivity index (χ1) is 13.1. The standard InChI is InChI=1S/C20H24N2O3S2/c1-25-16-8-4-14(5-9-16)19(23)22-18(12-13-26-2)20(24)21-15-6-10-17(27-3)11-7-15/h4-11,18H,12-13H2,1-3H3,(H,21,24)(H,22,23)/t18-/m0/s1. The minimum Gasteiger partial charge on any atom is -0.497 e. The van der Waals surface area contributed by atoms with Crippen molar-refractivity contribution in [1.29, 1.82) is 0 Å². The lowest BCUT2D eigenvalue weighted by molar-refractivity contribution is -0.118. The highest BCUT2D eigenvalue weighted by molar-refractivity contribution is 7.98. The van der Waals surface area contributed by atoms with Crippen molar-refractivity contribution in [3.8, 4) is 5.75 Å². The van der Waals surface area contributed by atoms with E-state index in [0.717, 1.165) is 10.6 Å². The first kappa shape index (κ1) is 21.2. The van der Waals surface area contributed by atoms with Crippen molar-refractivity contribution in [3.63, 3.8) is 0 Å². The molecule has 0 bridgehead atoms. The molecule has 27 heavy (non-hydrogen) atoms. The molecule has 0 aliphatic rings. The van der Waals surface area contributed by atoms with Gasteiger partial charge in [0.05, 0.1) is 7.11 Å². The predicted octanol–water partition coefficient (Wildman–Crippen LogP) is 3.91. The average Bonchev–Trinajstić information content (AvgIpc) is 2.71. The average molecular weight is 405 g/mol.